The summed E-state index contributed by atoms with van der Waals surface area (Å²) >= 11 is 1.47. The number of hydrogen-bond acceptors (Lipinski definition) is 4. The lowest BCUT2D eigenvalue weighted by atomic mass is 10.1. The van der Waals surface area contributed by atoms with Crippen LogP contribution >= 0.6 is 11.8 Å². The van der Waals surface area contributed by atoms with Gasteiger partial charge in [0.1, 0.15) is 0 Å². The van der Waals surface area contributed by atoms with Crippen LogP contribution in [0.2, 0.25) is 0 Å². The summed E-state index contributed by atoms with van der Waals surface area (Å²) in [4.78, 5) is 33.0. The van der Waals surface area contributed by atoms with Gasteiger partial charge in [-0.2, -0.15) is 0 Å². The second-order valence-electron chi connectivity index (χ2n) is 7.64. The molecule has 4 rings (SSSR count). The largest absolute Gasteiger partial charge is 0.339 e. The highest BCUT2D eigenvalue weighted by Crippen LogP contribution is 2.31. The molecule has 1 aliphatic heterocycles. The smallest absolute Gasteiger partial charge is 0.233 e. The Balaban J connectivity index is 1.33. The molecule has 1 saturated carbocycles. The van der Waals surface area contributed by atoms with Crippen LogP contribution in [0.1, 0.15) is 24.0 Å². The molecule has 0 bridgehead atoms. The van der Waals surface area contributed by atoms with Gasteiger partial charge in [0.2, 0.25) is 11.8 Å². The molecule has 1 aliphatic carbocycles. The summed E-state index contributed by atoms with van der Waals surface area (Å²) in [5, 5.41) is 0.822. The Morgan fingerprint density at radius 3 is 2.50 bits per heavy atom. The third-order valence-electron chi connectivity index (χ3n) is 5.41. The van der Waals surface area contributed by atoms with Crippen molar-refractivity contribution in [3.05, 3.63) is 41.7 Å². The van der Waals surface area contributed by atoms with E-state index in [-0.39, 0.29) is 17.7 Å². The van der Waals surface area contributed by atoms with Crippen LogP contribution in [0.4, 0.5) is 0 Å². The third-order valence-corrected chi connectivity index (χ3v) is 6.37. The van der Waals surface area contributed by atoms with E-state index in [2.05, 4.69) is 37.0 Å². The Labute approximate surface area is 169 Å². The minimum absolute atomic E-state index is 0.110. The van der Waals surface area contributed by atoms with Crippen molar-refractivity contribution in [1.82, 2.24) is 19.4 Å². The molecule has 2 fully saturated rings. The summed E-state index contributed by atoms with van der Waals surface area (Å²) in [6, 6.07) is 6.33. The topological polar surface area (TPSA) is 58.4 Å². The normalized spacial score (nSPS) is 17.1. The number of benzene rings is 1. The number of piperazine rings is 1. The summed E-state index contributed by atoms with van der Waals surface area (Å²) in [5.74, 6) is 0.996. The lowest BCUT2D eigenvalue weighted by Gasteiger charge is -2.34. The van der Waals surface area contributed by atoms with Crippen LogP contribution in [0.3, 0.4) is 0 Å². The van der Waals surface area contributed by atoms with Gasteiger partial charge in [-0.25, -0.2) is 4.98 Å². The summed E-state index contributed by atoms with van der Waals surface area (Å²) < 4.78 is 2.04. The lowest BCUT2D eigenvalue weighted by Crippen LogP contribution is -2.51. The molecule has 148 valence electrons. The number of imidazole rings is 1. The van der Waals surface area contributed by atoms with Crippen LogP contribution in [0, 0.1) is 19.8 Å². The first-order chi connectivity index (χ1) is 13.5. The zero-order valence-electron chi connectivity index (χ0n) is 16.4. The predicted octanol–water partition coefficient (Wildman–Crippen LogP) is 2.66. The first-order valence-corrected chi connectivity index (χ1v) is 10.8. The predicted molar refractivity (Wildman–Crippen MR) is 110 cm³/mol. The maximum Gasteiger partial charge on any atom is 0.233 e. The zero-order valence-corrected chi connectivity index (χ0v) is 17.2. The molecule has 1 aromatic heterocycles. The van der Waals surface area contributed by atoms with Crippen molar-refractivity contribution < 1.29 is 9.59 Å². The Morgan fingerprint density at radius 2 is 1.82 bits per heavy atom. The third kappa shape index (κ3) is 4.09. The van der Waals surface area contributed by atoms with Crippen LogP contribution in [0.25, 0.3) is 5.69 Å². The highest BCUT2D eigenvalue weighted by Gasteiger charge is 2.35. The van der Waals surface area contributed by atoms with E-state index in [1.54, 1.807) is 6.20 Å². The van der Waals surface area contributed by atoms with Crippen LogP contribution in [-0.4, -0.2) is 63.1 Å². The maximum absolute atomic E-state index is 12.6. The van der Waals surface area contributed by atoms with Crippen molar-refractivity contribution in [2.45, 2.75) is 31.8 Å². The number of thioether (sulfide) groups is 1. The van der Waals surface area contributed by atoms with Gasteiger partial charge in [-0.1, -0.05) is 29.5 Å². The lowest BCUT2D eigenvalue weighted by molar-refractivity contribution is -0.139. The zero-order chi connectivity index (χ0) is 19.7. The minimum Gasteiger partial charge on any atom is -0.339 e. The van der Waals surface area contributed by atoms with Crippen LogP contribution in [-0.2, 0) is 9.59 Å². The van der Waals surface area contributed by atoms with Crippen molar-refractivity contribution in [3.8, 4) is 5.69 Å². The number of aromatic nitrogens is 2. The van der Waals surface area contributed by atoms with Gasteiger partial charge < -0.3 is 9.80 Å². The quantitative estimate of drug-likeness (QED) is 0.727. The second kappa shape index (κ2) is 7.99. The van der Waals surface area contributed by atoms with Crippen LogP contribution in [0.5, 0.6) is 0 Å². The monoisotopic (exact) mass is 398 g/mol. The van der Waals surface area contributed by atoms with Crippen LogP contribution in [0.15, 0.2) is 35.7 Å². The van der Waals surface area contributed by atoms with E-state index >= 15 is 0 Å². The Bertz CT molecular complexity index is 882. The fraction of sp³-hybridized carbons (Fsp3) is 0.476. The van der Waals surface area contributed by atoms with Crippen molar-refractivity contribution in [3.63, 3.8) is 0 Å². The molecule has 0 atom stereocenters. The first-order valence-electron chi connectivity index (χ1n) is 9.83. The molecular weight excluding hydrogens is 372 g/mol. The van der Waals surface area contributed by atoms with Gasteiger partial charge in [-0.15, -0.1) is 0 Å². The van der Waals surface area contributed by atoms with Crippen molar-refractivity contribution in [2.75, 3.05) is 31.9 Å². The summed E-state index contributed by atoms with van der Waals surface area (Å²) in [6.45, 7) is 6.74. The number of aryl methyl sites for hydroxylation is 2. The summed E-state index contributed by atoms with van der Waals surface area (Å²) in [5.41, 5.74) is 3.50. The number of hydrogen-bond donors (Lipinski definition) is 0. The highest BCUT2D eigenvalue weighted by molar-refractivity contribution is 7.99. The van der Waals surface area contributed by atoms with Gasteiger partial charge >= 0.3 is 0 Å². The average molecular weight is 399 g/mol. The molecule has 2 amide bonds. The summed E-state index contributed by atoms with van der Waals surface area (Å²) in [7, 11) is 0. The van der Waals surface area contributed by atoms with Gasteiger partial charge in [0, 0.05) is 44.5 Å². The van der Waals surface area contributed by atoms with Gasteiger partial charge in [-0.3, -0.25) is 14.2 Å². The standard InChI is InChI=1S/C21H26N4O2S/c1-15-3-6-18(16(2)13-15)25-8-7-22-21(25)28-14-19(26)23-9-11-24(12-10-23)20(27)17-4-5-17/h3,6-8,13,17H,4-5,9-12,14H2,1-2H3. The summed E-state index contributed by atoms with van der Waals surface area (Å²) in [6.07, 6.45) is 5.77. The van der Waals surface area contributed by atoms with Gasteiger partial charge in [0.05, 0.1) is 11.4 Å². The van der Waals surface area contributed by atoms with Crippen LogP contribution < -0.4 is 0 Å². The van der Waals surface area contributed by atoms with E-state index < -0.39 is 0 Å². The molecule has 0 spiro atoms. The molecule has 0 radical (unpaired) electrons. The van der Waals surface area contributed by atoms with E-state index in [9.17, 15) is 9.59 Å². The Hall–Kier alpha value is -2.28. The molecule has 2 aliphatic rings. The molecule has 6 nitrogen and oxygen atoms in total. The van der Waals surface area contributed by atoms with E-state index in [4.69, 9.17) is 0 Å². The highest BCUT2D eigenvalue weighted by atomic mass is 32.2. The molecule has 2 aromatic rings. The second-order valence-corrected chi connectivity index (χ2v) is 8.58. The fourth-order valence-corrected chi connectivity index (χ4v) is 4.51. The number of carbonyl (C=O) groups is 2. The average Bonchev–Trinajstić information content (AvgIpc) is 3.44. The molecule has 7 heteroatoms. The minimum atomic E-state index is 0.110. The molecule has 0 N–H and O–H groups in total. The Kier molecular flexibility index (Phi) is 5.44. The van der Waals surface area contributed by atoms with Gasteiger partial charge in [0.25, 0.3) is 0 Å². The SMILES string of the molecule is Cc1ccc(-n2ccnc2SCC(=O)N2CCN(C(=O)C3CC3)CC2)c(C)c1. The molecular formula is C21H26N4O2S. The van der Waals surface area contributed by atoms with E-state index in [0.717, 1.165) is 23.7 Å². The molecule has 1 saturated heterocycles. The first kappa shape index (κ1) is 19.1. The van der Waals surface area contributed by atoms with E-state index in [1.807, 2.05) is 20.6 Å². The number of nitrogens with zero attached hydrogens (tertiary/aromatic N) is 4. The molecule has 2 heterocycles. The number of carbonyl (C=O) groups excluding carboxylic acids is 2. The van der Waals surface area contributed by atoms with Crippen molar-refractivity contribution >= 4 is 23.6 Å². The molecule has 28 heavy (non-hydrogen) atoms. The van der Waals surface area contributed by atoms with Crippen molar-refractivity contribution in [1.29, 1.82) is 0 Å². The van der Waals surface area contributed by atoms with E-state index in [1.165, 1.54) is 22.9 Å². The maximum atomic E-state index is 12.6. The van der Waals surface area contributed by atoms with Crippen molar-refractivity contribution in [2.24, 2.45) is 5.92 Å². The fourth-order valence-electron chi connectivity index (χ4n) is 3.64. The molecule has 1 aromatic carbocycles. The van der Waals surface area contributed by atoms with Gasteiger partial charge in [-0.05, 0) is 38.3 Å². The number of rotatable bonds is 5. The van der Waals surface area contributed by atoms with E-state index in [0.29, 0.717) is 31.9 Å². The molecule has 0 unspecified atom stereocenters. The van der Waals surface area contributed by atoms with Gasteiger partial charge in [0.15, 0.2) is 5.16 Å². The Morgan fingerprint density at radius 1 is 1.11 bits per heavy atom. The number of amides is 2.